The van der Waals surface area contributed by atoms with E-state index in [1.165, 1.54) is 6.08 Å². The van der Waals surface area contributed by atoms with Gasteiger partial charge in [-0.15, -0.1) is 6.58 Å². The predicted octanol–water partition coefficient (Wildman–Crippen LogP) is 2.39. The average molecular weight is 191 g/mol. The summed E-state index contributed by atoms with van der Waals surface area (Å²) in [5.41, 5.74) is 0. The molecule has 4 heteroatoms. The summed E-state index contributed by atoms with van der Waals surface area (Å²) in [6, 6.07) is 0. The van der Waals surface area contributed by atoms with Crippen molar-refractivity contribution in [1.29, 1.82) is 0 Å². The normalized spacial score (nSPS) is 18.2. The molecule has 2 unspecified atom stereocenters. The summed E-state index contributed by atoms with van der Waals surface area (Å²) in [6.45, 7) is 5.28. The molecule has 3 nitrogen and oxygen atoms in total. The third kappa shape index (κ3) is 4.05. The molecular formula is C8H16O3P. The minimum Gasteiger partial charge on any atom is -0.342 e. The van der Waals surface area contributed by atoms with Gasteiger partial charge >= 0.3 is 0 Å². The van der Waals surface area contributed by atoms with Gasteiger partial charge in [0.25, 0.3) is 0 Å². The molecule has 12 heavy (non-hydrogen) atoms. The van der Waals surface area contributed by atoms with Crippen LogP contribution < -0.4 is 0 Å². The molecular weight excluding hydrogens is 175 g/mol. The van der Waals surface area contributed by atoms with E-state index in [2.05, 4.69) is 6.58 Å². The van der Waals surface area contributed by atoms with Crippen molar-refractivity contribution in [3.8, 4) is 0 Å². The number of hydrogen-bond acceptors (Lipinski definition) is 1. The summed E-state index contributed by atoms with van der Waals surface area (Å²) in [4.78, 5) is 9.18. The largest absolute Gasteiger partial charge is 0.342 e. The molecule has 2 atom stereocenters. The molecule has 0 aliphatic heterocycles. The number of unbranched alkanes of at least 4 members (excludes halogenated alkanes) is 1. The topological polar surface area (TPSA) is 57.2 Å². The minimum absolute atomic E-state index is 0.0646. The Bertz CT molecular complexity index is 179. The summed E-state index contributed by atoms with van der Waals surface area (Å²) < 4.78 is 11.2. The lowest BCUT2D eigenvalue weighted by atomic mass is 10.3. The molecule has 0 aliphatic carbocycles. The Morgan fingerprint density at radius 2 is 2.25 bits per heavy atom. The van der Waals surface area contributed by atoms with E-state index in [4.69, 9.17) is 0 Å². The standard InChI is InChI=1S/C8H16O3P/c1-3-5-6-8(9)12(10,11)7-4-2/h4,8H,2-3,5-7H2,1H3,(H,10,11). The molecule has 0 aromatic rings. The lowest BCUT2D eigenvalue weighted by Crippen LogP contribution is -2.07. The van der Waals surface area contributed by atoms with E-state index in [0.29, 0.717) is 0 Å². The number of allylic oxidation sites excluding steroid dienone is 1. The Morgan fingerprint density at radius 3 is 2.67 bits per heavy atom. The Labute approximate surface area is 73.6 Å². The Kier molecular flexibility index (Phi) is 5.47. The van der Waals surface area contributed by atoms with Crippen LogP contribution in [0.15, 0.2) is 12.7 Å². The first-order valence-electron chi connectivity index (χ1n) is 4.12. The third-order valence-electron chi connectivity index (χ3n) is 1.65. The highest BCUT2D eigenvalue weighted by Crippen LogP contribution is 2.47. The van der Waals surface area contributed by atoms with E-state index < -0.39 is 13.2 Å². The molecule has 0 aliphatic rings. The molecule has 1 radical (unpaired) electrons. The second-order valence-corrected chi connectivity index (χ2v) is 5.28. The predicted molar refractivity (Wildman–Crippen MR) is 48.9 cm³/mol. The molecule has 0 heterocycles. The SMILES string of the molecule is C=CCP(=O)(O)C([O])CCCC. The van der Waals surface area contributed by atoms with Gasteiger partial charge in [0.05, 0.1) is 0 Å². The van der Waals surface area contributed by atoms with Crippen LogP contribution in [0, 0.1) is 0 Å². The monoisotopic (exact) mass is 191 g/mol. The van der Waals surface area contributed by atoms with E-state index in [-0.39, 0.29) is 12.6 Å². The van der Waals surface area contributed by atoms with Gasteiger partial charge in [-0.25, -0.2) is 5.11 Å². The van der Waals surface area contributed by atoms with Crippen LogP contribution >= 0.6 is 7.37 Å². The lowest BCUT2D eigenvalue weighted by Gasteiger charge is -2.13. The number of rotatable bonds is 6. The fourth-order valence-electron chi connectivity index (χ4n) is 0.883. The van der Waals surface area contributed by atoms with E-state index >= 15 is 0 Å². The minimum atomic E-state index is -3.49. The van der Waals surface area contributed by atoms with E-state index in [1.807, 2.05) is 6.92 Å². The van der Waals surface area contributed by atoms with E-state index in [0.717, 1.165) is 12.8 Å². The van der Waals surface area contributed by atoms with Crippen molar-refractivity contribution in [3.63, 3.8) is 0 Å². The maximum atomic E-state index is 11.2. The molecule has 0 bridgehead atoms. The first-order chi connectivity index (χ1) is 5.54. The highest BCUT2D eigenvalue weighted by Gasteiger charge is 2.28. The highest BCUT2D eigenvalue weighted by atomic mass is 31.2. The van der Waals surface area contributed by atoms with Gasteiger partial charge < -0.3 is 4.89 Å². The fourth-order valence-corrected chi connectivity index (χ4v) is 2.07. The van der Waals surface area contributed by atoms with Gasteiger partial charge in [-0.05, 0) is 6.42 Å². The zero-order valence-electron chi connectivity index (χ0n) is 7.40. The van der Waals surface area contributed by atoms with E-state index in [9.17, 15) is 14.6 Å². The van der Waals surface area contributed by atoms with Gasteiger partial charge in [0.2, 0.25) is 7.37 Å². The maximum Gasteiger partial charge on any atom is 0.235 e. The van der Waals surface area contributed by atoms with Crippen LogP contribution in [0.25, 0.3) is 0 Å². The van der Waals surface area contributed by atoms with Crippen molar-refractivity contribution in [2.75, 3.05) is 6.16 Å². The van der Waals surface area contributed by atoms with E-state index in [1.54, 1.807) is 0 Å². The van der Waals surface area contributed by atoms with Crippen LogP contribution in [0.3, 0.4) is 0 Å². The van der Waals surface area contributed by atoms with Crippen LogP contribution in [0.1, 0.15) is 26.2 Å². The smallest absolute Gasteiger partial charge is 0.235 e. The molecule has 0 rings (SSSR count). The van der Waals surface area contributed by atoms with Gasteiger partial charge in [0.1, 0.15) is 0 Å². The second-order valence-electron chi connectivity index (χ2n) is 2.82. The van der Waals surface area contributed by atoms with Crippen molar-refractivity contribution >= 4 is 7.37 Å². The maximum absolute atomic E-state index is 11.2. The van der Waals surface area contributed by atoms with Crippen LogP contribution in [0.5, 0.6) is 0 Å². The van der Waals surface area contributed by atoms with Gasteiger partial charge in [-0.3, -0.25) is 4.57 Å². The Hall–Kier alpha value is -0.110. The summed E-state index contributed by atoms with van der Waals surface area (Å²) in [5, 5.41) is 11.1. The third-order valence-corrected chi connectivity index (χ3v) is 3.58. The quantitative estimate of drug-likeness (QED) is 0.517. The second kappa shape index (κ2) is 5.52. The van der Waals surface area contributed by atoms with Crippen molar-refractivity contribution in [1.82, 2.24) is 0 Å². The average Bonchev–Trinajstić information content (AvgIpc) is 2.00. The van der Waals surface area contributed by atoms with Gasteiger partial charge in [0, 0.05) is 6.16 Å². The summed E-state index contributed by atoms with van der Waals surface area (Å²) in [7, 11) is -3.49. The lowest BCUT2D eigenvalue weighted by molar-refractivity contribution is 0.132. The zero-order chi connectivity index (χ0) is 9.61. The molecule has 71 valence electrons. The summed E-state index contributed by atoms with van der Waals surface area (Å²) >= 11 is 0. The Morgan fingerprint density at radius 1 is 1.67 bits per heavy atom. The van der Waals surface area contributed by atoms with Crippen molar-refractivity contribution in [2.24, 2.45) is 0 Å². The molecule has 0 saturated heterocycles. The Balaban J connectivity index is 3.96. The fraction of sp³-hybridized carbons (Fsp3) is 0.750. The summed E-state index contributed by atoms with van der Waals surface area (Å²) in [6.07, 6.45) is 3.16. The first-order valence-corrected chi connectivity index (χ1v) is 6.04. The van der Waals surface area contributed by atoms with Crippen LogP contribution in [0.4, 0.5) is 0 Å². The molecule has 0 aromatic heterocycles. The van der Waals surface area contributed by atoms with Crippen LogP contribution in [-0.4, -0.2) is 16.9 Å². The highest BCUT2D eigenvalue weighted by molar-refractivity contribution is 7.58. The first kappa shape index (κ1) is 11.9. The van der Waals surface area contributed by atoms with Gasteiger partial charge in [0.15, 0.2) is 5.85 Å². The molecule has 1 N–H and O–H groups in total. The van der Waals surface area contributed by atoms with Crippen LogP contribution in [0.2, 0.25) is 0 Å². The van der Waals surface area contributed by atoms with Crippen LogP contribution in [-0.2, 0) is 9.67 Å². The van der Waals surface area contributed by atoms with Crippen molar-refractivity contribution in [2.45, 2.75) is 32.0 Å². The van der Waals surface area contributed by atoms with Gasteiger partial charge in [-0.1, -0.05) is 25.8 Å². The molecule has 0 amide bonds. The molecule has 0 spiro atoms. The molecule has 0 fully saturated rings. The number of hydrogen-bond donors (Lipinski definition) is 1. The zero-order valence-corrected chi connectivity index (χ0v) is 8.30. The van der Waals surface area contributed by atoms with Gasteiger partial charge in [-0.2, -0.15) is 0 Å². The van der Waals surface area contributed by atoms with Crippen molar-refractivity contribution in [3.05, 3.63) is 12.7 Å². The summed E-state index contributed by atoms with van der Waals surface area (Å²) in [5.74, 6) is -1.32. The molecule has 0 saturated carbocycles. The molecule has 0 aromatic carbocycles. The van der Waals surface area contributed by atoms with Crippen molar-refractivity contribution < 1.29 is 14.6 Å².